The van der Waals surface area contributed by atoms with E-state index in [9.17, 15) is 4.39 Å². The number of rotatable bonds is 7. The van der Waals surface area contributed by atoms with Crippen LogP contribution in [0.3, 0.4) is 0 Å². The SMILES string of the molecule is COc1cc(-c2cc(NCCn3c(C)cc4c(C)ccc(F)c43)ncn2)ccc1C1NNNN1. The molecular weight excluding hydrogens is 435 g/mol. The fraction of sp³-hybridized carbons (Fsp3) is 0.250. The summed E-state index contributed by atoms with van der Waals surface area (Å²) < 4.78 is 22.1. The molecule has 4 aromatic rings. The van der Waals surface area contributed by atoms with Crippen molar-refractivity contribution < 1.29 is 9.13 Å². The predicted octanol–water partition coefficient (Wildman–Crippen LogP) is 3.09. The van der Waals surface area contributed by atoms with E-state index in [4.69, 9.17) is 4.74 Å². The fourth-order valence-corrected chi connectivity index (χ4v) is 4.31. The lowest BCUT2D eigenvalue weighted by Crippen LogP contribution is -2.33. The van der Waals surface area contributed by atoms with Crippen molar-refractivity contribution in [1.82, 2.24) is 36.5 Å². The van der Waals surface area contributed by atoms with E-state index in [1.807, 2.05) is 54.8 Å². The fourth-order valence-electron chi connectivity index (χ4n) is 4.31. The first kappa shape index (κ1) is 22.2. The van der Waals surface area contributed by atoms with Crippen molar-refractivity contribution in [2.45, 2.75) is 26.6 Å². The first-order valence-electron chi connectivity index (χ1n) is 11.1. The van der Waals surface area contributed by atoms with Crippen LogP contribution in [0.5, 0.6) is 5.75 Å². The second-order valence-electron chi connectivity index (χ2n) is 8.21. The van der Waals surface area contributed by atoms with Gasteiger partial charge in [0, 0.05) is 41.4 Å². The predicted molar refractivity (Wildman–Crippen MR) is 129 cm³/mol. The number of fused-ring (bicyclic) bond motifs is 1. The number of hydrazine groups is 3. The van der Waals surface area contributed by atoms with Crippen LogP contribution in [0.2, 0.25) is 0 Å². The summed E-state index contributed by atoms with van der Waals surface area (Å²) in [6, 6.07) is 13.2. The molecule has 0 amide bonds. The van der Waals surface area contributed by atoms with Crippen molar-refractivity contribution in [3.8, 4) is 17.0 Å². The molecule has 1 saturated heterocycles. The number of methoxy groups -OCH3 is 1. The Morgan fingerprint density at radius 1 is 1.06 bits per heavy atom. The number of ether oxygens (including phenoxy) is 1. The van der Waals surface area contributed by atoms with Crippen LogP contribution < -0.4 is 32.0 Å². The Morgan fingerprint density at radius 2 is 1.88 bits per heavy atom. The third-order valence-electron chi connectivity index (χ3n) is 6.08. The third-order valence-corrected chi connectivity index (χ3v) is 6.08. The summed E-state index contributed by atoms with van der Waals surface area (Å²) in [5.74, 6) is 1.23. The molecule has 0 aliphatic carbocycles. The molecule has 176 valence electrons. The monoisotopic (exact) mass is 462 g/mol. The average molecular weight is 463 g/mol. The highest BCUT2D eigenvalue weighted by Gasteiger charge is 2.20. The Hall–Kier alpha value is -3.57. The summed E-state index contributed by atoms with van der Waals surface area (Å²) in [5, 5.41) is 4.29. The minimum atomic E-state index is -0.204. The highest BCUT2D eigenvalue weighted by Crippen LogP contribution is 2.30. The Labute approximate surface area is 196 Å². The summed E-state index contributed by atoms with van der Waals surface area (Å²) in [4.78, 5) is 8.78. The van der Waals surface area contributed by atoms with Crippen LogP contribution in [0.1, 0.15) is 23.0 Å². The van der Waals surface area contributed by atoms with Gasteiger partial charge >= 0.3 is 0 Å². The maximum absolute atomic E-state index is 14.5. The molecule has 3 heterocycles. The van der Waals surface area contributed by atoms with Gasteiger partial charge < -0.3 is 14.6 Å². The summed E-state index contributed by atoms with van der Waals surface area (Å²) in [6.07, 6.45) is 1.40. The molecule has 0 atom stereocenters. The highest BCUT2D eigenvalue weighted by atomic mass is 19.1. The standard InChI is InChI=1S/C24H27FN8O/c1-14-4-7-19(25)23-18(14)10-15(2)33(23)9-8-26-22-12-20(27-13-28-22)16-5-6-17(21(11-16)34-3)24-29-31-32-30-24/h4-7,10-13,24,29-32H,8-9H2,1-3H3,(H,26,27,28). The average Bonchev–Trinajstić information content (AvgIpc) is 3.50. The summed E-state index contributed by atoms with van der Waals surface area (Å²) >= 11 is 0. The third kappa shape index (κ3) is 4.19. The zero-order valence-corrected chi connectivity index (χ0v) is 19.2. The van der Waals surface area contributed by atoms with Gasteiger partial charge in [0.05, 0.1) is 18.3 Å². The Morgan fingerprint density at radius 3 is 2.68 bits per heavy atom. The van der Waals surface area contributed by atoms with Crippen LogP contribution in [0.4, 0.5) is 10.2 Å². The summed E-state index contributed by atoms with van der Waals surface area (Å²) in [5.41, 5.74) is 17.1. The molecule has 0 unspecified atom stereocenters. The Balaban J connectivity index is 1.32. The van der Waals surface area contributed by atoms with E-state index in [-0.39, 0.29) is 12.0 Å². The molecule has 0 saturated carbocycles. The van der Waals surface area contributed by atoms with Gasteiger partial charge in [-0.1, -0.05) is 18.2 Å². The van der Waals surface area contributed by atoms with Gasteiger partial charge in [-0.15, -0.1) is 0 Å². The van der Waals surface area contributed by atoms with Gasteiger partial charge in [0.2, 0.25) is 0 Å². The number of nitrogens with one attached hydrogen (secondary N) is 5. The first-order valence-corrected chi connectivity index (χ1v) is 11.1. The second kappa shape index (κ2) is 9.35. The molecule has 2 aromatic carbocycles. The van der Waals surface area contributed by atoms with Gasteiger partial charge in [-0.2, -0.15) is 11.1 Å². The molecular formula is C24H27FN8O. The molecule has 1 fully saturated rings. The van der Waals surface area contributed by atoms with Crippen molar-refractivity contribution in [3.05, 3.63) is 71.4 Å². The van der Waals surface area contributed by atoms with E-state index < -0.39 is 0 Å². The number of hydrogen-bond acceptors (Lipinski definition) is 8. The molecule has 0 spiro atoms. The smallest absolute Gasteiger partial charge is 0.147 e. The lowest BCUT2D eigenvalue weighted by molar-refractivity contribution is 0.398. The van der Waals surface area contributed by atoms with E-state index in [2.05, 4.69) is 37.2 Å². The first-order chi connectivity index (χ1) is 16.5. The number of aryl methyl sites for hydroxylation is 2. The van der Waals surface area contributed by atoms with Gasteiger partial charge in [-0.25, -0.2) is 25.2 Å². The number of nitrogens with zero attached hydrogens (tertiary/aromatic N) is 3. The van der Waals surface area contributed by atoms with Crippen molar-refractivity contribution in [2.24, 2.45) is 0 Å². The van der Waals surface area contributed by atoms with Crippen LogP contribution in [-0.2, 0) is 6.54 Å². The van der Waals surface area contributed by atoms with E-state index >= 15 is 0 Å². The zero-order chi connectivity index (χ0) is 23.7. The van der Waals surface area contributed by atoms with Crippen LogP contribution in [0.25, 0.3) is 22.2 Å². The molecule has 34 heavy (non-hydrogen) atoms. The molecule has 9 nitrogen and oxygen atoms in total. The topological polar surface area (TPSA) is 100 Å². The largest absolute Gasteiger partial charge is 0.496 e. The molecule has 0 bridgehead atoms. The molecule has 5 N–H and O–H groups in total. The number of aromatic nitrogens is 3. The lowest BCUT2D eigenvalue weighted by Gasteiger charge is -2.15. The molecule has 0 radical (unpaired) electrons. The minimum absolute atomic E-state index is 0.131. The van der Waals surface area contributed by atoms with Gasteiger partial charge in [-0.3, -0.25) is 0 Å². The molecule has 1 aliphatic rings. The number of halogens is 1. The van der Waals surface area contributed by atoms with E-state index in [0.29, 0.717) is 24.4 Å². The summed E-state index contributed by atoms with van der Waals surface area (Å²) in [6.45, 7) is 5.21. The molecule has 5 rings (SSSR count). The Bertz CT molecular complexity index is 1330. The van der Waals surface area contributed by atoms with Gasteiger partial charge in [-0.05, 0) is 37.6 Å². The minimum Gasteiger partial charge on any atom is -0.496 e. The maximum atomic E-state index is 14.5. The molecule has 1 aliphatic heterocycles. The highest BCUT2D eigenvalue weighted by molar-refractivity contribution is 5.85. The quantitative estimate of drug-likeness (QED) is 0.286. The van der Waals surface area contributed by atoms with Crippen LogP contribution in [0, 0.1) is 19.7 Å². The van der Waals surface area contributed by atoms with Gasteiger partial charge in [0.15, 0.2) is 0 Å². The van der Waals surface area contributed by atoms with Crippen molar-refractivity contribution in [3.63, 3.8) is 0 Å². The van der Waals surface area contributed by atoms with Crippen molar-refractivity contribution in [1.29, 1.82) is 0 Å². The lowest BCUT2D eigenvalue weighted by atomic mass is 10.1. The number of anilines is 1. The van der Waals surface area contributed by atoms with Gasteiger partial charge in [0.25, 0.3) is 0 Å². The normalized spacial score (nSPS) is 14.1. The van der Waals surface area contributed by atoms with E-state index in [1.54, 1.807) is 7.11 Å². The zero-order valence-electron chi connectivity index (χ0n) is 19.2. The van der Waals surface area contributed by atoms with Crippen LogP contribution in [0.15, 0.2) is 48.8 Å². The van der Waals surface area contributed by atoms with Crippen LogP contribution in [-0.4, -0.2) is 28.2 Å². The van der Waals surface area contributed by atoms with E-state index in [1.165, 1.54) is 12.4 Å². The van der Waals surface area contributed by atoms with Crippen molar-refractivity contribution >= 4 is 16.7 Å². The Kier molecular flexibility index (Phi) is 6.12. The van der Waals surface area contributed by atoms with Crippen LogP contribution >= 0.6 is 0 Å². The summed E-state index contributed by atoms with van der Waals surface area (Å²) in [7, 11) is 1.64. The molecule has 2 aromatic heterocycles. The maximum Gasteiger partial charge on any atom is 0.147 e. The molecule has 10 heteroatoms. The number of hydrogen-bond donors (Lipinski definition) is 5. The van der Waals surface area contributed by atoms with Gasteiger partial charge in [0.1, 0.15) is 29.9 Å². The second-order valence-corrected chi connectivity index (χ2v) is 8.21. The number of benzene rings is 2. The van der Waals surface area contributed by atoms with Crippen molar-refractivity contribution in [2.75, 3.05) is 19.0 Å². The van der Waals surface area contributed by atoms with E-state index in [0.717, 1.165) is 39.2 Å².